The molecule has 3 rings (SSSR count). The third-order valence-electron chi connectivity index (χ3n) is 5.50. The molecule has 0 aromatic heterocycles. The van der Waals surface area contributed by atoms with E-state index in [1.807, 2.05) is 42.2 Å². The zero-order chi connectivity index (χ0) is 17.2. The lowest BCUT2D eigenvalue weighted by molar-refractivity contribution is -0.150. The molecule has 24 heavy (non-hydrogen) atoms. The Balaban J connectivity index is 1.69. The fourth-order valence-corrected chi connectivity index (χ4v) is 3.97. The standard InChI is InChI=1S/C19H25NO4/c1-14-13-15(7-12-24-14)17(21)20-10-8-19(9-11-20,18(22)23)16-5-3-2-4-6-16/h2-6,14-15H,7-13H2,1H3,(H,22,23). The molecule has 0 spiro atoms. The summed E-state index contributed by atoms with van der Waals surface area (Å²) in [5.41, 5.74) is -0.0367. The number of carboxylic acid groups (broad SMARTS) is 1. The molecule has 0 radical (unpaired) electrons. The summed E-state index contributed by atoms with van der Waals surface area (Å²) in [6, 6.07) is 9.41. The number of carboxylic acids is 1. The molecule has 2 aliphatic heterocycles. The van der Waals surface area contributed by atoms with Crippen LogP contribution in [0.5, 0.6) is 0 Å². The molecule has 0 saturated carbocycles. The molecule has 1 aromatic rings. The van der Waals surface area contributed by atoms with Crippen molar-refractivity contribution in [3.63, 3.8) is 0 Å². The largest absolute Gasteiger partial charge is 0.481 e. The lowest BCUT2D eigenvalue weighted by Crippen LogP contribution is -2.51. The maximum Gasteiger partial charge on any atom is 0.314 e. The second kappa shape index (κ2) is 6.93. The number of likely N-dealkylation sites (tertiary alicyclic amines) is 1. The number of aliphatic carboxylic acids is 1. The van der Waals surface area contributed by atoms with E-state index in [1.165, 1.54) is 0 Å². The van der Waals surface area contributed by atoms with Gasteiger partial charge in [-0.15, -0.1) is 0 Å². The van der Waals surface area contributed by atoms with E-state index in [1.54, 1.807) is 0 Å². The van der Waals surface area contributed by atoms with Crippen molar-refractivity contribution < 1.29 is 19.4 Å². The molecular weight excluding hydrogens is 306 g/mol. The van der Waals surface area contributed by atoms with Crippen LogP contribution in [0.25, 0.3) is 0 Å². The maximum atomic E-state index is 12.7. The summed E-state index contributed by atoms with van der Waals surface area (Å²) in [5.74, 6) is -0.611. The minimum absolute atomic E-state index is 0.0165. The Bertz CT molecular complexity index is 593. The van der Waals surface area contributed by atoms with Gasteiger partial charge in [0.2, 0.25) is 5.91 Å². The van der Waals surface area contributed by atoms with Gasteiger partial charge in [-0.2, -0.15) is 0 Å². The van der Waals surface area contributed by atoms with Crippen LogP contribution < -0.4 is 0 Å². The Morgan fingerprint density at radius 2 is 1.88 bits per heavy atom. The molecule has 2 heterocycles. The van der Waals surface area contributed by atoms with Gasteiger partial charge in [0.15, 0.2) is 0 Å². The van der Waals surface area contributed by atoms with Crippen molar-refractivity contribution in [1.29, 1.82) is 0 Å². The van der Waals surface area contributed by atoms with E-state index in [0.29, 0.717) is 32.5 Å². The molecule has 2 atom stereocenters. The van der Waals surface area contributed by atoms with E-state index in [2.05, 4.69) is 0 Å². The average molecular weight is 331 g/mol. The van der Waals surface area contributed by atoms with E-state index in [4.69, 9.17) is 4.74 Å². The summed E-state index contributed by atoms with van der Waals surface area (Å²) in [5, 5.41) is 9.83. The van der Waals surface area contributed by atoms with Crippen LogP contribution in [-0.4, -0.2) is 47.7 Å². The van der Waals surface area contributed by atoms with Gasteiger partial charge in [-0.05, 0) is 38.2 Å². The van der Waals surface area contributed by atoms with Gasteiger partial charge < -0.3 is 14.7 Å². The van der Waals surface area contributed by atoms with Crippen LogP contribution in [-0.2, 0) is 19.7 Å². The Morgan fingerprint density at radius 1 is 1.21 bits per heavy atom. The number of hydrogen-bond donors (Lipinski definition) is 1. The molecule has 130 valence electrons. The summed E-state index contributed by atoms with van der Waals surface area (Å²) < 4.78 is 5.52. The molecule has 1 amide bonds. The fraction of sp³-hybridized carbons (Fsp3) is 0.579. The molecule has 1 aromatic carbocycles. The van der Waals surface area contributed by atoms with Crippen molar-refractivity contribution in [3.05, 3.63) is 35.9 Å². The van der Waals surface area contributed by atoms with E-state index in [9.17, 15) is 14.7 Å². The lowest BCUT2D eigenvalue weighted by atomic mass is 9.72. The number of amides is 1. The quantitative estimate of drug-likeness (QED) is 0.924. The smallest absolute Gasteiger partial charge is 0.314 e. The molecule has 1 N–H and O–H groups in total. The summed E-state index contributed by atoms with van der Waals surface area (Å²) in [4.78, 5) is 26.6. The summed E-state index contributed by atoms with van der Waals surface area (Å²) in [6.45, 7) is 3.65. The van der Waals surface area contributed by atoms with Crippen LogP contribution in [0, 0.1) is 5.92 Å². The predicted octanol–water partition coefficient (Wildman–Crippen LogP) is 2.45. The van der Waals surface area contributed by atoms with Crippen molar-refractivity contribution in [2.24, 2.45) is 5.92 Å². The summed E-state index contributed by atoms with van der Waals surface area (Å²) in [7, 11) is 0. The number of hydrogen-bond acceptors (Lipinski definition) is 3. The minimum atomic E-state index is -0.874. The molecule has 0 aliphatic carbocycles. The maximum absolute atomic E-state index is 12.7. The van der Waals surface area contributed by atoms with Gasteiger partial charge in [-0.1, -0.05) is 30.3 Å². The Morgan fingerprint density at radius 3 is 2.46 bits per heavy atom. The van der Waals surface area contributed by atoms with Crippen LogP contribution in [0.15, 0.2) is 30.3 Å². The normalized spacial score (nSPS) is 26.8. The van der Waals surface area contributed by atoms with Gasteiger partial charge in [-0.3, -0.25) is 9.59 Å². The van der Waals surface area contributed by atoms with Gasteiger partial charge in [0.05, 0.1) is 11.5 Å². The van der Waals surface area contributed by atoms with Crippen LogP contribution in [0.4, 0.5) is 0 Å². The van der Waals surface area contributed by atoms with E-state index < -0.39 is 11.4 Å². The minimum Gasteiger partial charge on any atom is -0.481 e. The number of carbonyl (C=O) groups excluding carboxylic acids is 1. The number of ether oxygens (including phenoxy) is 1. The van der Waals surface area contributed by atoms with Crippen LogP contribution >= 0.6 is 0 Å². The molecule has 5 nitrogen and oxygen atoms in total. The first-order chi connectivity index (χ1) is 11.5. The topological polar surface area (TPSA) is 66.8 Å². The van der Waals surface area contributed by atoms with Crippen molar-refractivity contribution >= 4 is 11.9 Å². The van der Waals surface area contributed by atoms with Gasteiger partial charge in [0.1, 0.15) is 0 Å². The van der Waals surface area contributed by atoms with E-state index in [-0.39, 0.29) is 17.9 Å². The monoisotopic (exact) mass is 331 g/mol. The van der Waals surface area contributed by atoms with Gasteiger partial charge in [0, 0.05) is 25.6 Å². The molecule has 0 bridgehead atoms. The van der Waals surface area contributed by atoms with Crippen molar-refractivity contribution in [3.8, 4) is 0 Å². The Kier molecular flexibility index (Phi) is 4.90. The number of nitrogens with zero attached hydrogens (tertiary/aromatic N) is 1. The third-order valence-corrected chi connectivity index (χ3v) is 5.50. The zero-order valence-electron chi connectivity index (χ0n) is 14.1. The Labute approximate surface area is 142 Å². The van der Waals surface area contributed by atoms with Crippen molar-refractivity contribution in [2.75, 3.05) is 19.7 Å². The first-order valence-electron chi connectivity index (χ1n) is 8.72. The van der Waals surface area contributed by atoms with Crippen LogP contribution in [0.3, 0.4) is 0 Å². The van der Waals surface area contributed by atoms with Crippen molar-refractivity contribution in [1.82, 2.24) is 4.90 Å². The first kappa shape index (κ1) is 17.0. The molecular formula is C19H25NO4. The molecule has 2 aliphatic rings. The van der Waals surface area contributed by atoms with E-state index in [0.717, 1.165) is 18.4 Å². The fourth-order valence-electron chi connectivity index (χ4n) is 3.97. The first-order valence-corrected chi connectivity index (χ1v) is 8.72. The van der Waals surface area contributed by atoms with Crippen LogP contribution in [0.1, 0.15) is 38.2 Å². The highest BCUT2D eigenvalue weighted by molar-refractivity contribution is 5.83. The van der Waals surface area contributed by atoms with Gasteiger partial charge in [-0.25, -0.2) is 0 Å². The molecule has 2 fully saturated rings. The number of piperidine rings is 1. The molecule has 2 saturated heterocycles. The highest BCUT2D eigenvalue weighted by Gasteiger charge is 2.44. The van der Waals surface area contributed by atoms with Gasteiger partial charge in [0.25, 0.3) is 0 Å². The SMILES string of the molecule is CC1CC(C(=O)N2CCC(C(=O)O)(c3ccccc3)CC2)CCO1. The number of carbonyl (C=O) groups is 2. The second-order valence-electron chi connectivity index (χ2n) is 6.98. The summed E-state index contributed by atoms with van der Waals surface area (Å²) >= 11 is 0. The molecule has 2 unspecified atom stereocenters. The van der Waals surface area contributed by atoms with E-state index >= 15 is 0 Å². The van der Waals surface area contributed by atoms with Crippen molar-refractivity contribution in [2.45, 2.75) is 44.1 Å². The molecule has 5 heteroatoms. The lowest BCUT2D eigenvalue weighted by Gasteiger charge is -2.41. The van der Waals surface area contributed by atoms with Gasteiger partial charge >= 0.3 is 5.97 Å². The average Bonchev–Trinajstić information content (AvgIpc) is 2.62. The highest BCUT2D eigenvalue weighted by atomic mass is 16.5. The summed E-state index contributed by atoms with van der Waals surface area (Å²) in [6.07, 6.45) is 2.59. The predicted molar refractivity (Wildman–Crippen MR) is 89.7 cm³/mol. The number of benzene rings is 1. The van der Waals surface area contributed by atoms with Crippen LogP contribution in [0.2, 0.25) is 0 Å². The highest BCUT2D eigenvalue weighted by Crippen LogP contribution is 2.36. The third kappa shape index (κ3) is 3.18. The number of rotatable bonds is 3. The zero-order valence-corrected chi connectivity index (χ0v) is 14.1. The second-order valence-corrected chi connectivity index (χ2v) is 6.98. The Hall–Kier alpha value is -1.88.